The van der Waals surface area contributed by atoms with E-state index in [0.717, 1.165) is 0 Å². The fraction of sp³-hybridized carbons (Fsp3) is 1.00. The zero-order chi connectivity index (χ0) is 8.48. The SMILES string of the molecule is CC1(C)SSC(CO)C1ON. The maximum Gasteiger partial charge on any atom is 0.108 e. The molecule has 1 aliphatic heterocycles. The first-order valence-corrected chi connectivity index (χ1v) is 5.64. The van der Waals surface area contributed by atoms with E-state index < -0.39 is 0 Å². The van der Waals surface area contributed by atoms with Crippen molar-refractivity contribution in [1.82, 2.24) is 0 Å². The van der Waals surface area contributed by atoms with Gasteiger partial charge < -0.3 is 5.11 Å². The third kappa shape index (κ3) is 1.84. The highest BCUT2D eigenvalue weighted by Gasteiger charge is 2.44. The maximum atomic E-state index is 8.93. The standard InChI is InChI=1S/C6H13NO2S2/c1-6(2)5(9-7)4(3-8)10-11-6/h4-5,8H,3,7H2,1-2H3. The Morgan fingerprint density at radius 3 is 2.64 bits per heavy atom. The van der Waals surface area contributed by atoms with Crippen molar-refractivity contribution in [3.8, 4) is 0 Å². The first kappa shape index (κ1) is 9.67. The largest absolute Gasteiger partial charge is 0.395 e. The molecule has 3 N–H and O–H groups in total. The highest BCUT2D eigenvalue weighted by Crippen LogP contribution is 2.51. The van der Waals surface area contributed by atoms with Gasteiger partial charge in [-0.2, -0.15) is 0 Å². The quantitative estimate of drug-likeness (QED) is 0.504. The molecule has 66 valence electrons. The van der Waals surface area contributed by atoms with Crippen molar-refractivity contribution in [2.75, 3.05) is 6.61 Å². The first-order chi connectivity index (χ1) is 5.11. The van der Waals surface area contributed by atoms with Gasteiger partial charge in [-0.25, -0.2) is 5.90 Å². The zero-order valence-corrected chi connectivity index (χ0v) is 8.24. The van der Waals surface area contributed by atoms with Gasteiger partial charge in [0.05, 0.1) is 16.6 Å². The lowest BCUT2D eigenvalue weighted by Crippen LogP contribution is -2.41. The van der Waals surface area contributed by atoms with Gasteiger partial charge in [0.1, 0.15) is 6.10 Å². The Bertz CT molecular complexity index is 143. The van der Waals surface area contributed by atoms with Crippen LogP contribution < -0.4 is 5.90 Å². The first-order valence-electron chi connectivity index (χ1n) is 3.42. The van der Waals surface area contributed by atoms with E-state index in [1.165, 1.54) is 0 Å². The molecule has 0 spiro atoms. The van der Waals surface area contributed by atoms with Crippen molar-refractivity contribution < 1.29 is 9.94 Å². The van der Waals surface area contributed by atoms with Crippen molar-refractivity contribution in [2.45, 2.75) is 29.9 Å². The van der Waals surface area contributed by atoms with Crippen molar-refractivity contribution >= 4 is 21.6 Å². The number of rotatable bonds is 2. The van der Waals surface area contributed by atoms with Gasteiger partial charge in [0.15, 0.2) is 0 Å². The Hall–Kier alpha value is 0.580. The lowest BCUT2D eigenvalue weighted by atomic mass is 10.0. The molecule has 1 heterocycles. The molecule has 0 amide bonds. The van der Waals surface area contributed by atoms with E-state index in [-0.39, 0.29) is 22.7 Å². The van der Waals surface area contributed by atoms with Crippen molar-refractivity contribution in [2.24, 2.45) is 5.90 Å². The predicted octanol–water partition coefficient (Wildman–Crippen LogP) is 0.780. The Kier molecular flexibility index (Phi) is 3.10. The summed E-state index contributed by atoms with van der Waals surface area (Å²) >= 11 is 0. The van der Waals surface area contributed by atoms with Gasteiger partial charge in [-0.15, -0.1) is 0 Å². The van der Waals surface area contributed by atoms with Crippen LogP contribution in [0.1, 0.15) is 13.8 Å². The molecule has 11 heavy (non-hydrogen) atoms. The van der Waals surface area contributed by atoms with Crippen LogP contribution in [0.3, 0.4) is 0 Å². The summed E-state index contributed by atoms with van der Waals surface area (Å²) in [5.74, 6) is 5.14. The number of hydrogen-bond acceptors (Lipinski definition) is 5. The van der Waals surface area contributed by atoms with Gasteiger partial charge >= 0.3 is 0 Å². The molecule has 0 aromatic rings. The fourth-order valence-corrected chi connectivity index (χ4v) is 4.33. The number of aliphatic hydroxyl groups is 1. The monoisotopic (exact) mass is 195 g/mol. The van der Waals surface area contributed by atoms with Crippen LogP contribution in [0.4, 0.5) is 0 Å². The van der Waals surface area contributed by atoms with E-state index in [0.29, 0.717) is 0 Å². The molecule has 0 radical (unpaired) electrons. The maximum absolute atomic E-state index is 8.93. The molecular weight excluding hydrogens is 182 g/mol. The molecule has 5 heteroatoms. The van der Waals surface area contributed by atoms with E-state index in [2.05, 4.69) is 13.8 Å². The lowest BCUT2D eigenvalue weighted by Gasteiger charge is -2.24. The Morgan fingerprint density at radius 2 is 2.27 bits per heavy atom. The van der Waals surface area contributed by atoms with Gasteiger partial charge in [-0.1, -0.05) is 21.6 Å². The molecule has 1 aliphatic rings. The second-order valence-electron chi connectivity index (χ2n) is 3.06. The zero-order valence-electron chi connectivity index (χ0n) is 6.61. The summed E-state index contributed by atoms with van der Waals surface area (Å²) in [6.07, 6.45) is -0.0532. The Balaban J connectivity index is 2.63. The third-order valence-corrected chi connectivity index (χ3v) is 5.46. The van der Waals surface area contributed by atoms with Crippen LogP contribution in [-0.4, -0.2) is 27.8 Å². The van der Waals surface area contributed by atoms with Crippen LogP contribution in [-0.2, 0) is 4.84 Å². The second kappa shape index (κ2) is 3.53. The molecule has 2 atom stereocenters. The smallest absolute Gasteiger partial charge is 0.108 e. The van der Waals surface area contributed by atoms with E-state index in [1.54, 1.807) is 21.6 Å². The molecular formula is C6H13NO2S2. The molecule has 0 bridgehead atoms. The molecule has 2 unspecified atom stereocenters. The topological polar surface area (TPSA) is 55.5 Å². The average molecular weight is 195 g/mol. The van der Waals surface area contributed by atoms with Crippen LogP contribution in [0.2, 0.25) is 0 Å². The normalized spacial score (nSPS) is 36.0. The minimum Gasteiger partial charge on any atom is -0.395 e. The summed E-state index contributed by atoms with van der Waals surface area (Å²) in [5, 5.41) is 9.04. The Labute approximate surface area is 74.4 Å². The second-order valence-corrected chi connectivity index (χ2v) is 6.15. The molecule has 0 aromatic carbocycles. The summed E-state index contributed by atoms with van der Waals surface area (Å²) in [7, 11) is 3.36. The van der Waals surface area contributed by atoms with E-state index >= 15 is 0 Å². The number of aliphatic hydroxyl groups excluding tert-OH is 1. The van der Waals surface area contributed by atoms with E-state index in [1.807, 2.05) is 0 Å². The lowest BCUT2D eigenvalue weighted by molar-refractivity contribution is 0.0240. The van der Waals surface area contributed by atoms with Crippen molar-refractivity contribution in [3.05, 3.63) is 0 Å². The highest BCUT2D eigenvalue weighted by atomic mass is 33.1. The van der Waals surface area contributed by atoms with Crippen molar-refractivity contribution in [1.29, 1.82) is 0 Å². The summed E-state index contributed by atoms with van der Waals surface area (Å²) in [4.78, 5) is 4.83. The number of hydrogen-bond donors (Lipinski definition) is 2. The summed E-state index contributed by atoms with van der Waals surface area (Å²) < 4.78 is 0.00676. The fourth-order valence-electron chi connectivity index (χ4n) is 1.11. The van der Waals surface area contributed by atoms with Crippen LogP contribution in [0.25, 0.3) is 0 Å². The Morgan fingerprint density at radius 1 is 1.64 bits per heavy atom. The minimum absolute atomic E-state index is 0.00676. The van der Waals surface area contributed by atoms with Gasteiger partial charge in [0, 0.05) is 0 Å². The van der Waals surface area contributed by atoms with Crippen molar-refractivity contribution in [3.63, 3.8) is 0 Å². The number of nitrogens with two attached hydrogens (primary N) is 1. The van der Waals surface area contributed by atoms with Crippen LogP contribution >= 0.6 is 21.6 Å². The van der Waals surface area contributed by atoms with E-state index in [9.17, 15) is 0 Å². The predicted molar refractivity (Wildman–Crippen MR) is 49.2 cm³/mol. The van der Waals surface area contributed by atoms with E-state index in [4.69, 9.17) is 15.8 Å². The molecule has 1 rings (SSSR count). The van der Waals surface area contributed by atoms with Gasteiger partial charge in [0.25, 0.3) is 0 Å². The molecule has 0 aromatic heterocycles. The summed E-state index contributed by atoms with van der Waals surface area (Å²) in [6, 6.07) is 0. The summed E-state index contributed by atoms with van der Waals surface area (Å²) in [5.41, 5.74) is 0. The van der Waals surface area contributed by atoms with Crippen LogP contribution in [0.5, 0.6) is 0 Å². The van der Waals surface area contributed by atoms with Crippen LogP contribution in [0.15, 0.2) is 0 Å². The minimum atomic E-state index is -0.0532. The molecule has 0 saturated carbocycles. The third-order valence-electron chi connectivity index (χ3n) is 1.74. The highest BCUT2D eigenvalue weighted by molar-refractivity contribution is 8.77. The van der Waals surface area contributed by atoms with Gasteiger partial charge in [-0.3, -0.25) is 4.84 Å². The van der Waals surface area contributed by atoms with Crippen LogP contribution in [0, 0.1) is 0 Å². The summed E-state index contributed by atoms with van der Waals surface area (Å²) in [6.45, 7) is 4.26. The average Bonchev–Trinajstić information content (AvgIpc) is 2.24. The molecule has 1 fully saturated rings. The molecule has 1 saturated heterocycles. The van der Waals surface area contributed by atoms with Gasteiger partial charge in [-0.05, 0) is 13.8 Å². The molecule has 0 aliphatic carbocycles. The van der Waals surface area contributed by atoms with Gasteiger partial charge in [0.2, 0.25) is 0 Å². The molecule has 3 nitrogen and oxygen atoms in total.